The highest BCUT2D eigenvalue weighted by atomic mass is 16.5. The molecule has 2 aromatic rings. The van der Waals surface area contributed by atoms with Gasteiger partial charge in [0, 0.05) is 19.0 Å². The van der Waals surface area contributed by atoms with Crippen LogP contribution in [-0.4, -0.2) is 18.9 Å². The van der Waals surface area contributed by atoms with Gasteiger partial charge in [0.05, 0.1) is 12.8 Å². The predicted octanol–water partition coefficient (Wildman–Crippen LogP) is 2.58. The summed E-state index contributed by atoms with van der Waals surface area (Å²) in [5.41, 5.74) is 2.10. The molecule has 0 bridgehead atoms. The van der Waals surface area contributed by atoms with E-state index in [1.807, 2.05) is 24.3 Å². The summed E-state index contributed by atoms with van der Waals surface area (Å²) in [7, 11) is 1.56. The van der Waals surface area contributed by atoms with Gasteiger partial charge in [0.2, 0.25) is 5.91 Å². The SMILES string of the molecule is COc1ccccc1NC(=O)c1ccc(CNC(C)=O)cc1. The Bertz CT molecular complexity index is 666. The second-order valence-electron chi connectivity index (χ2n) is 4.76. The van der Waals surface area contributed by atoms with Crippen LogP contribution >= 0.6 is 0 Å². The molecule has 0 atom stereocenters. The maximum atomic E-state index is 12.2. The summed E-state index contributed by atoms with van der Waals surface area (Å²) in [6.07, 6.45) is 0. The summed E-state index contributed by atoms with van der Waals surface area (Å²) in [4.78, 5) is 23.1. The Labute approximate surface area is 129 Å². The molecule has 5 heteroatoms. The lowest BCUT2D eigenvalue weighted by atomic mass is 10.1. The van der Waals surface area contributed by atoms with Crippen LogP contribution in [0.2, 0.25) is 0 Å². The van der Waals surface area contributed by atoms with Crippen molar-refractivity contribution in [2.45, 2.75) is 13.5 Å². The highest BCUT2D eigenvalue weighted by Gasteiger charge is 2.09. The lowest BCUT2D eigenvalue weighted by Crippen LogP contribution is -2.19. The van der Waals surface area contributed by atoms with Crippen molar-refractivity contribution in [1.82, 2.24) is 5.32 Å². The topological polar surface area (TPSA) is 67.4 Å². The molecular formula is C17H18N2O3. The van der Waals surface area contributed by atoms with Gasteiger partial charge in [-0.2, -0.15) is 0 Å². The Morgan fingerprint density at radius 2 is 1.73 bits per heavy atom. The average Bonchev–Trinajstić information content (AvgIpc) is 2.54. The Morgan fingerprint density at radius 3 is 2.36 bits per heavy atom. The predicted molar refractivity (Wildman–Crippen MR) is 84.9 cm³/mol. The number of para-hydroxylation sites is 2. The molecule has 0 aliphatic carbocycles. The first kappa shape index (κ1) is 15.6. The van der Waals surface area contributed by atoms with Crippen molar-refractivity contribution in [3.05, 3.63) is 59.7 Å². The van der Waals surface area contributed by atoms with E-state index in [1.165, 1.54) is 6.92 Å². The van der Waals surface area contributed by atoms with Crippen LogP contribution in [0.4, 0.5) is 5.69 Å². The van der Waals surface area contributed by atoms with Gasteiger partial charge in [0.15, 0.2) is 0 Å². The zero-order valence-electron chi connectivity index (χ0n) is 12.6. The van der Waals surface area contributed by atoms with Gasteiger partial charge >= 0.3 is 0 Å². The van der Waals surface area contributed by atoms with Crippen molar-refractivity contribution in [3.8, 4) is 5.75 Å². The number of amides is 2. The zero-order valence-corrected chi connectivity index (χ0v) is 12.6. The van der Waals surface area contributed by atoms with Gasteiger partial charge in [0.1, 0.15) is 5.75 Å². The first-order valence-electron chi connectivity index (χ1n) is 6.88. The molecule has 0 saturated heterocycles. The third-order valence-corrected chi connectivity index (χ3v) is 3.11. The molecule has 0 unspecified atom stereocenters. The zero-order chi connectivity index (χ0) is 15.9. The second kappa shape index (κ2) is 7.26. The minimum atomic E-state index is -0.212. The van der Waals surface area contributed by atoms with Crippen LogP contribution in [0.3, 0.4) is 0 Å². The highest BCUT2D eigenvalue weighted by Crippen LogP contribution is 2.23. The van der Waals surface area contributed by atoms with E-state index >= 15 is 0 Å². The normalized spacial score (nSPS) is 9.91. The maximum Gasteiger partial charge on any atom is 0.255 e. The number of methoxy groups -OCH3 is 1. The summed E-state index contributed by atoms with van der Waals surface area (Å²) >= 11 is 0. The van der Waals surface area contributed by atoms with E-state index < -0.39 is 0 Å². The number of hydrogen-bond donors (Lipinski definition) is 2. The number of carbonyl (C=O) groups is 2. The number of hydrogen-bond acceptors (Lipinski definition) is 3. The average molecular weight is 298 g/mol. The van der Waals surface area contributed by atoms with Crippen LogP contribution < -0.4 is 15.4 Å². The van der Waals surface area contributed by atoms with Crippen LogP contribution in [0, 0.1) is 0 Å². The van der Waals surface area contributed by atoms with E-state index in [-0.39, 0.29) is 11.8 Å². The van der Waals surface area contributed by atoms with E-state index in [4.69, 9.17) is 4.74 Å². The highest BCUT2D eigenvalue weighted by molar-refractivity contribution is 6.05. The fourth-order valence-electron chi connectivity index (χ4n) is 1.94. The van der Waals surface area contributed by atoms with Gasteiger partial charge in [-0.15, -0.1) is 0 Å². The maximum absolute atomic E-state index is 12.2. The molecule has 0 spiro atoms. The van der Waals surface area contributed by atoms with E-state index in [0.29, 0.717) is 23.5 Å². The van der Waals surface area contributed by atoms with E-state index in [0.717, 1.165) is 5.56 Å². The van der Waals surface area contributed by atoms with Crippen LogP contribution in [0.1, 0.15) is 22.8 Å². The Morgan fingerprint density at radius 1 is 1.05 bits per heavy atom. The lowest BCUT2D eigenvalue weighted by molar-refractivity contribution is -0.119. The Balaban J connectivity index is 2.05. The number of anilines is 1. The fourth-order valence-corrected chi connectivity index (χ4v) is 1.94. The van der Waals surface area contributed by atoms with Gasteiger partial charge in [-0.05, 0) is 29.8 Å². The van der Waals surface area contributed by atoms with Crippen LogP contribution in [0.25, 0.3) is 0 Å². The summed E-state index contributed by atoms with van der Waals surface area (Å²) in [5, 5.41) is 5.52. The largest absolute Gasteiger partial charge is 0.495 e. The molecule has 114 valence electrons. The third kappa shape index (κ3) is 4.09. The van der Waals surface area contributed by atoms with Crippen LogP contribution in [0.15, 0.2) is 48.5 Å². The minimum absolute atomic E-state index is 0.0852. The molecule has 5 nitrogen and oxygen atoms in total. The fraction of sp³-hybridized carbons (Fsp3) is 0.176. The molecule has 0 radical (unpaired) electrons. The van der Waals surface area contributed by atoms with Crippen molar-refractivity contribution in [3.63, 3.8) is 0 Å². The van der Waals surface area contributed by atoms with Crippen LogP contribution in [0.5, 0.6) is 5.75 Å². The quantitative estimate of drug-likeness (QED) is 0.891. The Hall–Kier alpha value is -2.82. The summed E-state index contributed by atoms with van der Waals surface area (Å²) in [6.45, 7) is 1.92. The number of rotatable bonds is 5. The van der Waals surface area contributed by atoms with Crippen molar-refractivity contribution in [2.75, 3.05) is 12.4 Å². The van der Waals surface area contributed by atoms with Crippen molar-refractivity contribution < 1.29 is 14.3 Å². The van der Waals surface area contributed by atoms with Crippen molar-refractivity contribution in [2.24, 2.45) is 0 Å². The molecule has 0 aliphatic heterocycles. The summed E-state index contributed by atoms with van der Waals surface area (Å²) in [5.74, 6) is 0.312. The lowest BCUT2D eigenvalue weighted by Gasteiger charge is -2.10. The molecular weight excluding hydrogens is 280 g/mol. The molecule has 2 amide bonds. The number of ether oxygens (including phenoxy) is 1. The third-order valence-electron chi connectivity index (χ3n) is 3.11. The molecule has 0 aliphatic rings. The molecule has 2 aromatic carbocycles. The number of benzene rings is 2. The van der Waals surface area contributed by atoms with E-state index in [2.05, 4.69) is 10.6 Å². The van der Waals surface area contributed by atoms with Gasteiger partial charge in [-0.1, -0.05) is 24.3 Å². The van der Waals surface area contributed by atoms with Gasteiger partial charge in [0.25, 0.3) is 5.91 Å². The summed E-state index contributed by atoms with van der Waals surface area (Å²) in [6, 6.07) is 14.3. The Kier molecular flexibility index (Phi) is 5.14. The molecule has 22 heavy (non-hydrogen) atoms. The molecule has 0 saturated carbocycles. The van der Waals surface area contributed by atoms with Crippen LogP contribution in [-0.2, 0) is 11.3 Å². The monoisotopic (exact) mass is 298 g/mol. The molecule has 0 fully saturated rings. The minimum Gasteiger partial charge on any atom is -0.495 e. The standard InChI is InChI=1S/C17H18N2O3/c1-12(20)18-11-13-7-9-14(10-8-13)17(21)19-15-5-3-4-6-16(15)22-2/h3-10H,11H2,1-2H3,(H,18,20)(H,19,21). The molecule has 2 N–H and O–H groups in total. The van der Waals surface area contributed by atoms with Gasteiger partial charge in [-0.25, -0.2) is 0 Å². The van der Waals surface area contributed by atoms with Crippen molar-refractivity contribution >= 4 is 17.5 Å². The molecule has 0 aromatic heterocycles. The van der Waals surface area contributed by atoms with Gasteiger partial charge < -0.3 is 15.4 Å². The van der Waals surface area contributed by atoms with Gasteiger partial charge in [-0.3, -0.25) is 9.59 Å². The first-order valence-corrected chi connectivity index (χ1v) is 6.88. The first-order chi connectivity index (χ1) is 10.6. The molecule has 2 rings (SSSR count). The summed E-state index contributed by atoms with van der Waals surface area (Å²) < 4.78 is 5.20. The van der Waals surface area contributed by atoms with Crippen molar-refractivity contribution in [1.29, 1.82) is 0 Å². The van der Waals surface area contributed by atoms with E-state index in [9.17, 15) is 9.59 Å². The second-order valence-corrected chi connectivity index (χ2v) is 4.76. The molecule has 0 heterocycles. The number of carbonyl (C=O) groups excluding carboxylic acids is 2. The number of nitrogens with one attached hydrogen (secondary N) is 2. The smallest absolute Gasteiger partial charge is 0.255 e. The van der Waals surface area contributed by atoms with E-state index in [1.54, 1.807) is 31.4 Å².